The number of carboxylic acids is 1. The molecule has 0 saturated heterocycles. The van der Waals surface area contributed by atoms with Crippen LogP contribution >= 0.6 is 0 Å². The molecule has 0 amide bonds. The van der Waals surface area contributed by atoms with E-state index in [1.54, 1.807) is 0 Å². The number of nitrogens with zero attached hydrogens (tertiary/aromatic N) is 1. The van der Waals surface area contributed by atoms with Gasteiger partial charge in [0, 0.05) is 12.6 Å². The molecule has 1 N–H and O–H groups in total. The summed E-state index contributed by atoms with van der Waals surface area (Å²) in [6, 6.07) is 4.04. The quantitative estimate of drug-likeness (QED) is 0.855. The largest absolute Gasteiger partial charge is 0.478 e. The van der Waals surface area contributed by atoms with E-state index in [0.717, 1.165) is 0 Å². The minimum absolute atomic E-state index is 0.161. The van der Waals surface area contributed by atoms with Gasteiger partial charge >= 0.3 is 5.97 Å². The number of rotatable bonds is 4. The van der Waals surface area contributed by atoms with Crippen molar-refractivity contribution in [3.8, 4) is 0 Å². The van der Waals surface area contributed by atoms with Crippen molar-refractivity contribution in [3.05, 3.63) is 35.1 Å². The van der Waals surface area contributed by atoms with Crippen LogP contribution in [0, 0.1) is 5.82 Å². The summed E-state index contributed by atoms with van der Waals surface area (Å²) in [5.41, 5.74) is 0.664. The van der Waals surface area contributed by atoms with Gasteiger partial charge in [0.15, 0.2) is 0 Å². The summed E-state index contributed by atoms with van der Waals surface area (Å²) in [7, 11) is 1.88. The van der Waals surface area contributed by atoms with E-state index in [1.807, 2.05) is 25.8 Å². The Hall–Kier alpha value is -1.42. The SMILES string of the molecule is CC(C)N(C)Cc1cc(F)ccc1C(=O)O. The van der Waals surface area contributed by atoms with Crippen molar-refractivity contribution in [1.29, 1.82) is 0 Å². The molecule has 0 aliphatic heterocycles. The number of benzene rings is 1. The molecular weight excluding hydrogens is 209 g/mol. The summed E-state index contributed by atoms with van der Waals surface area (Å²) in [6.07, 6.45) is 0. The Labute approximate surface area is 94.5 Å². The van der Waals surface area contributed by atoms with Crippen LogP contribution < -0.4 is 0 Å². The second-order valence-corrected chi connectivity index (χ2v) is 4.12. The molecule has 1 rings (SSSR count). The fraction of sp³-hybridized carbons (Fsp3) is 0.417. The van der Waals surface area contributed by atoms with Crippen LogP contribution in [0.2, 0.25) is 0 Å². The fourth-order valence-electron chi connectivity index (χ4n) is 1.35. The molecular formula is C12H16FNO2. The van der Waals surface area contributed by atoms with Crippen LogP contribution in [-0.4, -0.2) is 29.1 Å². The van der Waals surface area contributed by atoms with Gasteiger partial charge in [-0.25, -0.2) is 9.18 Å². The highest BCUT2D eigenvalue weighted by Crippen LogP contribution is 2.14. The normalized spacial score (nSPS) is 11.1. The van der Waals surface area contributed by atoms with E-state index >= 15 is 0 Å². The van der Waals surface area contributed by atoms with Crippen molar-refractivity contribution in [1.82, 2.24) is 4.90 Å². The molecule has 3 nitrogen and oxygen atoms in total. The third-order valence-electron chi connectivity index (χ3n) is 2.60. The standard InChI is InChI=1S/C12H16FNO2/c1-8(2)14(3)7-9-6-10(13)4-5-11(9)12(15)16/h4-6,8H,7H2,1-3H3,(H,15,16). The molecule has 0 spiro atoms. The Morgan fingerprint density at radius 2 is 2.12 bits per heavy atom. The van der Waals surface area contributed by atoms with E-state index in [0.29, 0.717) is 12.1 Å². The van der Waals surface area contributed by atoms with Gasteiger partial charge in [-0.15, -0.1) is 0 Å². The highest BCUT2D eigenvalue weighted by atomic mass is 19.1. The van der Waals surface area contributed by atoms with Crippen molar-refractivity contribution in [2.45, 2.75) is 26.4 Å². The number of carbonyl (C=O) groups is 1. The van der Waals surface area contributed by atoms with E-state index in [9.17, 15) is 9.18 Å². The summed E-state index contributed by atoms with van der Waals surface area (Å²) in [5, 5.41) is 8.97. The highest BCUT2D eigenvalue weighted by Gasteiger charge is 2.13. The molecule has 0 heterocycles. The lowest BCUT2D eigenvalue weighted by Gasteiger charge is -2.21. The number of hydrogen-bond acceptors (Lipinski definition) is 2. The first-order valence-corrected chi connectivity index (χ1v) is 5.13. The monoisotopic (exact) mass is 225 g/mol. The lowest BCUT2D eigenvalue weighted by molar-refractivity contribution is 0.0694. The molecule has 0 saturated carbocycles. The zero-order valence-electron chi connectivity index (χ0n) is 9.70. The molecule has 0 fully saturated rings. The fourth-order valence-corrected chi connectivity index (χ4v) is 1.35. The Balaban J connectivity index is 3.01. The lowest BCUT2D eigenvalue weighted by atomic mass is 10.1. The molecule has 1 aromatic carbocycles. The first-order valence-electron chi connectivity index (χ1n) is 5.13. The van der Waals surface area contributed by atoms with Gasteiger partial charge in [0.25, 0.3) is 0 Å². The molecule has 88 valence electrons. The number of carboxylic acid groups (broad SMARTS) is 1. The Morgan fingerprint density at radius 1 is 1.50 bits per heavy atom. The molecule has 0 bridgehead atoms. The van der Waals surface area contributed by atoms with Gasteiger partial charge in [-0.2, -0.15) is 0 Å². The van der Waals surface area contributed by atoms with Crippen molar-refractivity contribution in [2.75, 3.05) is 7.05 Å². The minimum Gasteiger partial charge on any atom is -0.478 e. The predicted octanol–water partition coefficient (Wildman–Crippen LogP) is 2.36. The molecule has 1 aromatic rings. The number of aromatic carboxylic acids is 1. The van der Waals surface area contributed by atoms with Gasteiger partial charge in [0.05, 0.1) is 5.56 Å². The van der Waals surface area contributed by atoms with Crippen molar-refractivity contribution in [3.63, 3.8) is 0 Å². The van der Waals surface area contributed by atoms with Gasteiger partial charge < -0.3 is 5.11 Å². The van der Waals surface area contributed by atoms with Crippen molar-refractivity contribution < 1.29 is 14.3 Å². The highest BCUT2D eigenvalue weighted by molar-refractivity contribution is 5.89. The van der Waals surface area contributed by atoms with Crippen LogP contribution in [0.4, 0.5) is 4.39 Å². The van der Waals surface area contributed by atoms with E-state index in [-0.39, 0.29) is 11.6 Å². The van der Waals surface area contributed by atoms with Crippen LogP contribution in [0.15, 0.2) is 18.2 Å². The van der Waals surface area contributed by atoms with Crippen LogP contribution in [0.3, 0.4) is 0 Å². The average Bonchev–Trinajstić information content (AvgIpc) is 2.16. The molecule has 0 aliphatic carbocycles. The zero-order chi connectivity index (χ0) is 12.3. The second-order valence-electron chi connectivity index (χ2n) is 4.12. The van der Waals surface area contributed by atoms with Crippen LogP contribution in [0.1, 0.15) is 29.8 Å². The van der Waals surface area contributed by atoms with Gasteiger partial charge in [-0.1, -0.05) is 0 Å². The Kier molecular flexibility index (Phi) is 4.01. The maximum absolute atomic E-state index is 13.1. The Morgan fingerprint density at radius 3 is 2.62 bits per heavy atom. The van der Waals surface area contributed by atoms with E-state index in [2.05, 4.69) is 0 Å². The molecule has 0 unspecified atom stereocenters. The summed E-state index contributed by atoms with van der Waals surface area (Å²) in [4.78, 5) is 12.9. The van der Waals surface area contributed by atoms with E-state index < -0.39 is 11.8 Å². The summed E-state index contributed by atoms with van der Waals surface area (Å²) in [6.45, 7) is 4.43. The first kappa shape index (κ1) is 12.6. The number of hydrogen-bond donors (Lipinski definition) is 1. The third-order valence-corrected chi connectivity index (χ3v) is 2.60. The summed E-state index contributed by atoms with van der Waals surface area (Å²) < 4.78 is 13.1. The molecule has 0 aromatic heterocycles. The molecule has 4 heteroatoms. The van der Waals surface area contributed by atoms with Crippen LogP contribution in [0.25, 0.3) is 0 Å². The van der Waals surface area contributed by atoms with E-state index in [4.69, 9.17) is 5.11 Å². The van der Waals surface area contributed by atoms with Crippen molar-refractivity contribution in [2.24, 2.45) is 0 Å². The second kappa shape index (κ2) is 5.07. The first-order chi connectivity index (χ1) is 7.41. The zero-order valence-corrected chi connectivity index (χ0v) is 9.70. The lowest BCUT2D eigenvalue weighted by Crippen LogP contribution is -2.26. The molecule has 0 aliphatic rings. The van der Waals surface area contributed by atoms with Gasteiger partial charge in [0.1, 0.15) is 5.82 Å². The van der Waals surface area contributed by atoms with Gasteiger partial charge in [0.2, 0.25) is 0 Å². The summed E-state index contributed by atoms with van der Waals surface area (Å²) in [5.74, 6) is -1.43. The van der Waals surface area contributed by atoms with Crippen LogP contribution in [0.5, 0.6) is 0 Å². The third kappa shape index (κ3) is 3.03. The predicted molar refractivity (Wildman–Crippen MR) is 60.0 cm³/mol. The molecule has 16 heavy (non-hydrogen) atoms. The van der Waals surface area contributed by atoms with E-state index in [1.165, 1.54) is 18.2 Å². The maximum atomic E-state index is 13.1. The van der Waals surface area contributed by atoms with Gasteiger partial charge in [-0.3, -0.25) is 4.90 Å². The smallest absolute Gasteiger partial charge is 0.336 e. The van der Waals surface area contributed by atoms with Crippen LogP contribution in [-0.2, 0) is 6.54 Å². The Bertz CT molecular complexity index is 391. The minimum atomic E-state index is -1.02. The van der Waals surface area contributed by atoms with Crippen molar-refractivity contribution >= 4 is 5.97 Å². The average molecular weight is 225 g/mol. The number of halogens is 1. The van der Waals surface area contributed by atoms with Gasteiger partial charge in [-0.05, 0) is 44.7 Å². The maximum Gasteiger partial charge on any atom is 0.336 e. The summed E-state index contributed by atoms with van der Waals surface area (Å²) >= 11 is 0. The molecule has 0 atom stereocenters. The topological polar surface area (TPSA) is 40.5 Å². The molecule has 0 radical (unpaired) electrons.